The number of carbonyl (C=O) groups excluding carboxylic acids is 1. The summed E-state index contributed by atoms with van der Waals surface area (Å²) in [5.41, 5.74) is 0.987. The molecule has 0 aromatic heterocycles. The van der Waals surface area contributed by atoms with Crippen molar-refractivity contribution < 1.29 is 13.2 Å². The number of amides is 1. The van der Waals surface area contributed by atoms with Gasteiger partial charge in [0.15, 0.2) is 0 Å². The molecule has 1 aliphatic rings. The fraction of sp³-hybridized carbons (Fsp3) is 0.417. The van der Waals surface area contributed by atoms with Crippen molar-refractivity contribution in [2.24, 2.45) is 5.14 Å². The van der Waals surface area contributed by atoms with Crippen molar-refractivity contribution >= 4 is 15.9 Å². The van der Waals surface area contributed by atoms with Crippen molar-refractivity contribution in [2.75, 3.05) is 0 Å². The maximum Gasteiger partial charge on any atom is 0.251 e. The van der Waals surface area contributed by atoms with Crippen LogP contribution < -0.4 is 10.5 Å². The summed E-state index contributed by atoms with van der Waals surface area (Å²) in [4.78, 5) is 12.0. The van der Waals surface area contributed by atoms with E-state index in [2.05, 4.69) is 5.32 Å². The molecule has 18 heavy (non-hydrogen) atoms. The van der Waals surface area contributed by atoms with E-state index in [1.165, 1.54) is 18.2 Å². The number of rotatable bonds is 3. The molecule has 1 saturated carbocycles. The summed E-state index contributed by atoms with van der Waals surface area (Å²) in [5.74, 6) is -0.173. The molecule has 0 radical (unpaired) electrons. The van der Waals surface area contributed by atoms with Crippen LogP contribution in [0.15, 0.2) is 23.1 Å². The second kappa shape index (κ2) is 4.07. The first kappa shape index (κ1) is 13.0. The van der Waals surface area contributed by atoms with Crippen molar-refractivity contribution in [2.45, 2.75) is 37.1 Å². The SMILES string of the molecule is Cc1cc(S(N)(=O)=O)ccc1C(=O)NC1(C)CC1. The van der Waals surface area contributed by atoms with E-state index in [9.17, 15) is 13.2 Å². The van der Waals surface area contributed by atoms with Crippen LogP contribution in [-0.2, 0) is 10.0 Å². The molecule has 5 nitrogen and oxygen atoms in total. The molecule has 6 heteroatoms. The molecule has 2 rings (SSSR count). The van der Waals surface area contributed by atoms with Crippen molar-refractivity contribution in [1.29, 1.82) is 0 Å². The van der Waals surface area contributed by atoms with Crippen LogP contribution in [0.2, 0.25) is 0 Å². The Balaban J connectivity index is 2.27. The average Bonchev–Trinajstić information content (AvgIpc) is 2.94. The highest BCUT2D eigenvalue weighted by molar-refractivity contribution is 7.89. The van der Waals surface area contributed by atoms with Gasteiger partial charge in [0.25, 0.3) is 5.91 Å². The number of nitrogens with one attached hydrogen (secondary N) is 1. The van der Waals surface area contributed by atoms with Crippen molar-refractivity contribution in [3.63, 3.8) is 0 Å². The van der Waals surface area contributed by atoms with Crippen LogP contribution in [0.1, 0.15) is 35.7 Å². The Kier molecular flexibility index (Phi) is 2.95. The predicted octanol–water partition coefficient (Wildman–Crippen LogP) is 0.925. The first-order chi connectivity index (χ1) is 8.21. The number of benzene rings is 1. The summed E-state index contributed by atoms with van der Waals surface area (Å²) in [5, 5.41) is 7.96. The van der Waals surface area contributed by atoms with Gasteiger partial charge in [0, 0.05) is 11.1 Å². The quantitative estimate of drug-likeness (QED) is 0.854. The molecule has 0 bridgehead atoms. The topological polar surface area (TPSA) is 89.3 Å². The predicted molar refractivity (Wildman–Crippen MR) is 67.7 cm³/mol. The Morgan fingerprint density at radius 3 is 2.44 bits per heavy atom. The van der Waals surface area contributed by atoms with Crippen LogP contribution in [0.3, 0.4) is 0 Å². The Hall–Kier alpha value is -1.40. The summed E-state index contributed by atoms with van der Waals surface area (Å²) in [6.07, 6.45) is 1.96. The van der Waals surface area contributed by atoms with E-state index in [-0.39, 0.29) is 16.3 Å². The standard InChI is InChI=1S/C12H16N2O3S/c1-8-7-9(18(13,16)17)3-4-10(8)11(15)14-12(2)5-6-12/h3-4,7H,5-6H2,1-2H3,(H,14,15)(H2,13,16,17). The first-order valence-electron chi connectivity index (χ1n) is 5.67. The van der Waals surface area contributed by atoms with E-state index in [1.54, 1.807) is 6.92 Å². The highest BCUT2D eigenvalue weighted by Crippen LogP contribution is 2.34. The van der Waals surface area contributed by atoms with Gasteiger partial charge < -0.3 is 5.32 Å². The normalized spacial score (nSPS) is 17.3. The molecule has 0 unspecified atom stereocenters. The third-order valence-electron chi connectivity index (χ3n) is 3.19. The molecule has 0 spiro atoms. The van der Waals surface area contributed by atoms with Gasteiger partial charge in [-0.15, -0.1) is 0 Å². The second-order valence-corrected chi connectivity index (χ2v) is 6.60. The highest BCUT2D eigenvalue weighted by Gasteiger charge is 2.38. The lowest BCUT2D eigenvalue weighted by Crippen LogP contribution is -2.34. The Morgan fingerprint density at radius 1 is 1.39 bits per heavy atom. The smallest absolute Gasteiger partial charge is 0.251 e. The molecule has 0 aliphatic heterocycles. The number of primary sulfonamides is 1. The molecule has 1 aromatic rings. The van der Waals surface area contributed by atoms with Gasteiger partial charge in [-0.2, -0.15) is 0 Å². The molecular weight excluding hydrogens is 252 g/mol. The number of hydrogen-bond donors (Lipinski definition) is 2. The summed E-state index contributed by atoms with van der Waals surface area (Å²) >= 11 is 0. The highest BCUT2D eigenvalue weighted by atomic mass is 32.2. The third-order valence-corrected chi connectivity index (χ3v) is 4.10. The van der Waals surface area contributed by atoms with Crippen LogP contribution in [-0.4, -0.2) is 19.9 Å². The average molecular weight is 268 g/mol. The molecule has 1 aliphatic carbocycles. The molecule has 1 aromatic carbocycles. The molecule has 1 amide bonds. The van der Waals surface area contributed by atoms with E-state index in [0.29, 0.717) is 11.1 Å². The minimum atomic E-state index is -3.72. The van der Waals surface area contributed by atoms with Gasteiger partial charge in [0.1, 0.15) is 0 Å². The molecule has 1 fully saturated rings. The lowest BCUT2D eigenvalue weighted by Gasteiger charge is -2.13. The van der Waals surface area contributed by atoms with Crippen LogP contribution in [0.25, 0.3) is 0 Å². The van der Waals surface area contributed by atoms with Gasteiger partial charge in [-0.25, -0.2) is 13.6 Å². The van der Waals surface area contributed by atoms with E-state index >= 15 is 0 Å². The molecule has 0 atom stereocenters. The zero-order chi connectivity index (χ0) is 13.6. The third kappa shape index (κ3) is 2.70. The monoisotopic (exact) mass is 268 g/mol. The number of hydrogen-bond acceptors (Lipinski definition) is 3. The molecule has 0 heterocycles. The van der Waals surface area contributed by atoms with Crippen molar-refractivity contribution in [3.05, 3.63) is 29.3 Å². The van der Waals surface area contributed by atoms with Gasteiger partial charge in [-0.1, -0.05) is 0 Å². The maximum absolute atomic E-state index is 12.0. The number of aryl methyl sites for hydroxylation is 1. The zero-order valence-electron chi connectivity index (χ0n) is 10.4. The minimum Gasteiger partial charge on any atom is -0.347 e. The maximum atomic E-state index is 12.0. The summed E-state index contributed by atoms with van der Waals surface area (Å²) < 4.78 is 22.4. The minimum absolute atomic E-state index is 0.0224. The Bertz CT molecular complexity index is 604. The first-order valence-corrected chi connectivity index (χ1v) is 7.22. The summed E-state index contributed by atoms with van der Waals surface area (Å²) in [6.45, 7) is 3.68. The second-order valence-electron chi connectivity index (χ2n) is 5.04. The summed E-state index contributed by atoms with van der Waals surface area (Å²) in [7, 11) is -3.72. The zero-order valence-corrected chi connectivity index (χ0v) is 11.2. The number of sulfonamides is 1. The Labute approximate surface area is 106 Å². The number of carbonyl (C=O) groups is 1. The van der Waals surface area contributed by atoms with Crippen LogP contribution in [0, 0.1) is 6.92 Å². The molecule has 0 saturated heterocycles. The fourth-order valence-electron chi connectivity index (χ4n) is 1.72. The van der Waals surface area contributed by atoms with Gasteiger partial charge >= 0.3 is 0 Å². The largest absolute Gasteiger partial charge is 0.347 e. The van der Waals surface area contributed by atoms with E-state index in [4.69, 9.17) is 5.14 Å². The fourth-order valence-corrected chi connectivity index (χ4v) is 2.32. The van der Waals surface area contributed by atoms with Gasteiger partial charge in [0.05, 0.1) is 4.90 Å². The van der Waals surface area contributed by atoms with Gasteiger partial charge in [-0.05, 0) is 50.5 Å². The molecule has 3 N–H and O–H groups in total. The molecule has 98 valence electrons. The Morgan fingerprint density at radius 2 is 2.00 bits per heavy atom. The van der Waals surface area contributed by atoms with Crippen LogP contribution in [0.5, 0.6) is 0 Å². The van der Waals surface area contributed by atoms with E-state index in [0.717, 1.165) is 12.8 Å². The van der Waals surface area contributed by atoms with Crippen LogP contribution in [0.4, 0.5) is 0 Å². The lowest BCUT2D eigenvalue weighted by atomic mass is 10.1. The summed E-state index contributed by atoms with van der Waals surface area (Å²) in [6, 6.07) is 4.27. The van der Waals surface area contributed by atoms with Gasteiger partial charge in [0.2, 0.25) is 10.0 Å². The lowest BCUT2D eigenvalue weighted by molar-refractivity contribution is 0.0934. The van der Waals surface area contributed by atoms with E-state index < -0.39 is 10.0 Å². The van der Waals surface area contributed by atoms with E-state index in [1.807, 2.05) is 6.92 Å². The van der Waals surface area contributed by atoms with Crippen LogP contribution >= 0.6 is 0 Å². The number of nitrogens with two attached hydrogens (primary N) is 1. The van der Waals surface area contributed by atoms with Crippen molar-refractivity contribution in [1.82, 2.24) is 5.32 Å². The van der Waals surface area contributed by atoms with Gasteiger partial charge in [-0.3, -0.25) is 4.79 Å². The molecular formula is C12H16N2O3S. The van der Waals surface area contributed by atoms with Crippen molar-refractivity contribution in [3.8, 4) is 0 Å².